The molecule has 84 valence electrons. The number of nitrogens with zero attached hydrogens (tertiary/aromatic N) is 3. The Hall–Kier alpha value is -0.940. The second kappa shape index (κ2) is 4.72. The molecule has 0 radical (unpaired) electrons. The average molecular weight is 210 g/mol. The molecule has 1 atom stereocenters. The number of rotatable bonds is 6. The third-order valence-corrected chi connectivity index (χ3v) is 2.60. The number of nitrogens with one attached hydrogen (secondary N) is 1. The predicted molar refractivity (Wildman–Crippen MR) is 56.2 cm³/mol. The molecule has 1 aromatic heterocycles. The van der Waals surface area contributed by atoms with Crippen LogP contribution < -0.4 is 5.32 Å². The van der Waals surface area contributed by atoms with Crippen LogP contribution >= 0.6 is 0 Å². The number of hydrogen-bond acceptors (Lipinski definition) is 4. The van der Waals surface area contributed by atoms with Crippen LogP contribution in [0.5, 0.6) is 0 Å². The number of aromatic nitrogens is 3. The summed E-state index contributed by atoms with van der Waals surface area (Å²) >= 11 is 0. The highest BCUT2D eigenvalue weighted by Crippen LogP contribution is 2.18. The van der Waals surface area contributed by atoms with Gasteiger partial charge in [-0.3, -0.25) is 0 Å². The van der Waals surface area contributed by atoms with Crippen molar-refractivity contribution in [3.05, 3.63) is 11.9 Å². The molecule has 1 saturated carbocycles. The number of aliphatic hydroxyl groups is 1. The van der Waals surface area contributed by atoms with Gasteiger partial charge >= 0.3 is 0 Å². The maximum Gasteiger partial charge on any atom is 0.0964 e. The summed E-state index contributed by atoms with van der Waals surface area (Å²) in [5, 5.41) is 20.8. The van der Waals surface area contributed by atoms with Crippen molar-refractivity contribution in [2.75, 3.05) is 0 Å². The average Bonchev–Trinajstić information content (AvgIpc) is 2.97. The van der Waals surface area contributed by atoms with Crippen LogP contribution in [0.25, 0.3) is 0 Å². The van der Waals surface area contributed by atoms with Crippen LogP contribution in [0.4, 0.5) is 0 Å². The maximum atomic E-state index is 9.44. The molecule has 2 rings (SSSR count). The Bertz CT molecular complexity index is 308. The minimum absolute atomic E-state index is 0.323. The van der Waals surface area contributed by atoms with Crippen molar-refractivity contribution in [2.24, 2.45) is 0 Å². The lowest BCUT2D eigenvalue weighted by atomic mass is 10.3. The molecule has 1 aromatic rings. The molecule has 5 nitrogen and oxygen atoms in total. The highest BCUT2D eigenvalue weighted by Gasteiger charge is 2.20. The van der Waals surface area contributed by atoms with E-state index in [2.05, 4.69) is 15.6 Å². The highest BCUT2D eigenvalue weighted by molar-refractivity contribution is 4.94. The van der Waals surface area contributed by atoms with E-state index >= 15 is 0 Å². The molecule has 0 aliphatic heterocycles. The summed E-state index contributed by atoms with van der Waals surface area (Å²) < 4.78 is 1.71. The van der Waals surface area contributed by atoms with Crippen molar-refractivity contribution in [3.63, 3.8) is 0 Å². The molecule has 1 aliphatic carbocycles. The lowest BCUT2D eigenvalue weighted by Crippen LogP contribution is -2.16. The van der Waals surface area contributed by atoms with Gasteiger partial charge in [-0.2, -0.15) is 0 Å². The van der Waals surface area contributed by atoms with E-state index in [1.807, 2.05) is 13.1 Å². The normalized spacial score (nSPS) is 18.0. The van der Waals surface area contributed by atoms with Crippen LogP contribution in [0.15, 0.2) is 6.20 Å². The second-order valence-electron chi connectivity index (χ2n) is 4.15. The van der Waals surface area contributed by atoms with Crippen LogP contribution in [-0.4, -0.2) is 32.2 Å². The first-order valence-corrected chi connectivity index (χ1v) is 5.58. The van der Waals surface area contributed by atoms with Gasteiger partial charge in [-0.1, -0.05) is 12.1 Å². The SMILES string of the molecule is CCC(O)Cn1cc(CNC2CC2)nn1. The molecule has 15 heavy (non-hydrogen) atoms. The first-order valence-electron chi connectivity index (χ1n) is 5.58. The van der Waals surface area contributed by atoms with E-state index < -0.39 is 0 Å². The standard InChI is InChI=1S/C10H18N4O/c1-2-10(15)7-14-6-9(12-13-14)5-11-8-3-4-8/h6,8,10-11,15H,2-5,7H2,1H3. The van der Waals surface area contributed by atoms with E-state index in [1.54, 1.807) is 4.68 Å². The molecule has 0 bridgehead atoms. The van der Waals surface area contributed by atoms with Gasteiger partial charge in [0.1, 0.15) is 0 Å². The Morgan fingerprint density at radius 1 is 1.67 bits per heavy atom. The van der Waals surface area contributed by atoms with Gasteiger partial charge in [0.2, 0.25) is 0 Å². The third-order valence-electron chi connectivity index (χ3n) is 2.60. The first-order chi connectivity index (χ1) is 7.28. The fraction of sp³-hybridized carbons (Fsp3) is 0.800. The van der Waals surface area contributed by atoms with Crippen LogP contribution in [0, 0.1) is 0 Å². The Labute approximate surface area is 89.5 Å². The van der Waals surface area contributed by atoms with Crippen molar-refractivity contribution >= 4 is 0 Å². The van der Waals surface area contributed by atoms with Gasteiger partial charge in [-0.15, -0.1) is 5.10 Å². The molecule has 1 heterocycles. The van der Waals surface area contributed by atoms with E-state index in [-0.39, 0.29) is 6.10 Å². The molecule has 1 aliphatic rings. The fourth-order valence-corrected chi connectivity index (χ4v) is 1.39. The van der Waals surface area contributed by atoms with Crippen LogP contribution in [0.2, 0.25) is 0 Å². The zero-order chi connectivity index (χ0) is 10.7. The highest BCUT2D eigenvalue weighted by atomic mass is 16.3. The van der Waals surface area contributed by atoms with Gasteiger partial charge in [0.15, 0.2) is 0 Å². The van der Waals surface area contributed by atoms with E-state index in [4.69, 9.17) is 0 Å². The molecule has 1 unspecified atom stereocenters. The predicted octanol–water partition coefficient (Wildman–Crippen LogP) is 0.301. The van der Waals surface area contributed by atoms with Gasteiger partial charge in [0, 0.05) is 18.8 Å². The topological polar surface area (TPSA) is 63.0 Å². The zero-order valence-electron chi connectivity index (χ0n) is 9.06. The lowest BCUT2D eigenvalue weighted by Gasteiger charge is -2.05. The quantitative estimate of drug-likeness (QED) is 0.709. The summed E-state index contributed by atoms with van der Waals surface area (Å²) in [6.45, 7) is 3.27. The zero-order valence-corrected chi connectivity index (χ0v) is 9.06. The van der Waals surface area contributed by atoms with Crippen LogP contribution in [0.1, 0.15) is 31.9 Å². The summed E-state index contributed by atoms with van der Waals surface area (Å²) in [6.07, 6.45) is 4.88. The molecule has 5 heteroatoms. The van der Waals surface area contributed by atoms with E-state index in [9.17, 15) is 5.11 Å². The molecule has 2 N–H and O–H groups in total. The molecule has 1 fully saturated rings. The van der Waals surface area contributed by atoms with Crippen LogP contribution in [0.3, 0.4) is 0 Å². The van der Waals surface area contributed by atoms with Crippen LogP contribution in [-0.2, 0) is 13.1 Å². The van der Waals surface area contributed by atoms with Gasteiger partial charge in [-0.05, 0) is 19.3 Å². The molecule has 0 saturated heterocycles. The molecule has 0 amide bonds. The summed E-state index contributed by atoms with van der Waals surface area (Å²) in [6, 6.07) is 0.691. The minimum atomic E-state index is -0.323. The van der Waals surface area contributed by atoms with Crippen molar-refractivity contribution in [1.82, 2.24) is 20.3 Å². The second-order valence-corrected chi connectivity index (χ2v) is 4.15. The van der Waals surface area contributed by atoms with Gasteiger partial charge in [0.25, 0.3) is 0 Å². The maximum absolute atomic E-state index is 9.44. The first kappa shape index (κ1) is 10.6. The Kier molecular flexibility index (Phi) is 3.33. The number of hydrogen-bond donors (Lipinski definition) is 2. The van der Waals surface area contributed by atoms with Crippen molar-refractivity contribution in [2.45, 2.75) is 51.4 Å². The minimum Gasteiger partial charge on any atom is -0.391 e. The summed E-state index contributed by atoms with van der Waals surface area (Å²) in [5.74, 6) is 0. The van der Waals surface area contributed by atoms with Gasteiger partial charge in [-0.25, -0.2) is 4.68 Å². The lowest BCUT2D eigenvalue weighted by molar-refractivity contribution is 0.144. The monoisotopic (exact) mass is 210 g/mol. The Balaban J connectivity index is 1.79. The molecular formula is C10H18N4O. The summed E-state index contributed by atoms with van der Waals surface area (Å²) in [5.41, 5.74) is 0.949. The van der Waals surface area contributed by atoms with Gasteiger partial charge < -0.3 is 10.4 Å². The molecule has 0 spiro atoms. The smallest absolute Gasteiger partial charge is 0.0964 e. The van der Waals surface area contributed by atoms with Gasteiger partial charge in [0.05, 0.1) is 18.3 Å². The Morgan fingerprint density at radius 2 is 2.47 bits per heavy atom. The van der Waals surface area contributed by atoms with E-state index in [0.29, 0.717) is 12.6 Å². The van der Waals surface area contributed by atoms with Crippen molar-refractivity contribution in [1.29, 1.82) is 0 Å². The van der Waals surface area contributed by atoms with E-state index in [0.717, 1.165) is 18.7 Å². The fourth-order valence-electron chi connectivity index (χ4n) is 1.39. The largest absolute Gasteiger partial charge is 0.391 e. The Morgan fingerprint density at radius 3 is 3.13 bits per heavy atom. The summed E-state index contributed by atoms with van der Waals surface area (Å²) in [4.78, 5) is 0. The number of aliphatic hydroxyl groups excluding tert-OH is 1. The third kappa shape index (κ3) is 3.28. The summed E-state index contributed by atoms with van der Waals surface area (Å²) in [7, 11) is 0. The van der Waals surface area contributed by atoms with Crippen molar-refractivity contribution in [3.8, 4) is 0 Å². The molecular weight excluding hydrogens is 192 g/mol. The van der Waals surface area contributed by atoms with Crippen molar-refractivity contribution < 1.29 is 5.11 Å². The van der Waals surface area contributed by atoms with E-state index in [1.165, 1.54) is 12.8 Å². The molecule has 0 aromatic carbocycles.